The molecule has 2 aliphatic heterocycles. The molecule has 0 N–H and O–H groups in total. The standard InChI is InChI=1S/C90H70BN3/c1-87(2)72-31-19-15-27-64(72)68-47-61(43-45-76(68)87)93-82-51-70-66-29-17-21-33-74(66)89(5,6)78(70)53-80(82)91-81-54-79-71(67-30-18-22-34-75(67)90(79,7)8)52-83(81)94(62-44-46-77-69(48-62)65-28-16-20-32-73(65)88(77,3)4)85-50-63(49-84(93)86(85)91)92(59-39-35-57(36-40-59)55-23-11-9-12-24-55)60-41-37-58(38-42-60)56-25-13-10-14-26-56/h9-54H,1-8H3. The average molecular weight is 1200 g/mol. The SMILES string of the molecule is CC1(C)c2ccccc2-c2cc(N3c4cc5c(cc4B4c6cc7c(cc6N(c6ccc8c(c6)-c6ccccc6C8(C)C)c6cc(N(c8ccc(-c9ccccc9)cc8)c8ccc(-c9ccccc9)cc8)cc3c64)-c3ccccc3C7(C)C)C(C)(C)c3ccccc3-5)ccc21. The maximum atomic E-state index is 2.68. The molecule has 0 unspecified atom stereocenters. The summed E-state index contributed by atoms with van der Waals surface area (Å²) in [6.45, 7) is 19.2. The van der Waals surface area contributed by atoms with Crippen molar-refractivity contribution in [2.75, 3.05) is 14.7 Å². The lowest BCUT2D eigenvalue weighted by Crippen LogP contribution is -2.61. The predicted octanol–water partition coefficient (Wildman–Crippen LogP) is 21.8. The Morgan fingerprint density at radius 2 is 0.553 bits per heavy atom. The van der Waals surface area contributed by atoms with E-state index in [9.17, 15) is 0 Å². The van der Waals surface area contributed by atoms with E-state index in [-0.39, 0.29) is 28.4 Å². The van der Waals surface area contributed by atoms with Crippen LogP contribution in [0.5, 0.6) is 0 Å². The summed E-state index contributed by atoms with van der Waals surface area (Å²) in [4.78, 5) is 7.88. The lowest BCUT2D eigenvalue weighted by molar-refractivity contribution is 0.660. The van der Waals surface area contributed by atoms with Crippen LogP contribution in [0.2, 0.25) is 0 Å². The van der Waals surface area contributed by atoms with E-state index in [0.29, 0.717) is 0 Å². The maximum absolute atomic E-state index is 2.68. The Bertz CT molecular complexity index is 5050. The van der Waals surface area contributed by atoms with E-state index in [1.54, 1.807) is 0 Å². The molecule has 0 aromatic heterocycles. The van der Waals surface area contributed by atoms with E-state index in [2.05, 4.69) is 349 Å². The lowest BCUT2D eigenvalue weighted by Gasteiger charge is -2.46. The van der Waals surface area contributed by atoms with E-state index >= 15 is 0 Å². The van der Waals surface area contributed by atoms with E-state index < -0.39 is 0 Å². The highest BCUT2D eigenvalue weighted by atomic mass is 15.2. The van der Waals surface area contributed by atoms with Gasteiger partial charge >= 0.3 is 0 Å². The van der Waals surface area contributed by atoms with Gasteiger partial charge in [-0.2, -0.15) is 0 Å². The van der Waals surface area contributed by atoms with Crippen molar-refractivity contribution in [1.82, 2.24) is 0 Å². The number of benzene rings is 13. The Hall–Kier alpha value is -10.7. The van der Waals surface area contributed by atoms with Crippen LogP contribution in [0.25, 0.3) is 66.8 Å². The third kappa shape index (κ3) is 7.57. The zero-order valence-corrected chi connectivity index (χ0v) is 54.5. The van der Waals surface area contributed by atoms with Gasteiger partial charge in [0.1, 0.15) is 0 Å². The topological polar surface area (TPSA) is 9.72 Å². The van der Waals surface area contributed by atoms with Crippen LogP contribution in [0.15, 0.2) is 279 Å². The Morgan fingerprint density at radius 3 is 0.926 bits per heavy atom. The zero-order chi connectivity index (χ0) is 63.3. The Balaban J connectivity index is 0.950. The van der Waals surface area contributed by atoms with Crippen LogP contribution in [0.1, 0.15) is 99.9 Å². The van der Waals surface area contributed by atoms with Crippen molar-refractivity contribution < 1.29 is 0 Å². The molecule has 0 bridgehead atoms. The average Bonchev–Trinajstić information content (AvgIpc) is 1.04. The summed E-state index contributed by atoms with van der Waals surface area (Å²) in [5.74, 6) is 0. The van der Waals surface area contributed by atoms with Crippen LogP contribution in [-0.2, 0) is 21.7 Å². The Morgan fingerprint density at radius 1 is 0.245 bits per heavy atom. The van der Waals surface area contributed by atoms with Crippen LogP contribution in [-0.4, -0.2) is 6.71 Å². The number of fused-ring (bicyclic) bond motifs is 16. The van der Waals surface area contributed by atoms with Gasteiger partial charge in [0.2, 0.25) is 0 Å². The summed E-state index contributed by atoms with van der Waals surface area (Å²) in [6, 6.07) is 107. The summed E-state index contributed by atoms with van der Waals surface area (Å²) in [5, 5.41) is 0. The van der Waals surface area contributed by atoms with Crippen molar-refractivity contribution in [2.24, 2.45) is 0 Å². The summed E-state index contributed by atoms with van der Waals surface area (Å²) < 4.78 is 0. The molecule has 0 saturated carbocycles. The largest absolute Gasteiger partial charge is 0.311 e. The number of hydrogen-bond donors (Lipinski definition) is 0. The van der Waals surface area contributed by atoms with Gasteiger partial charge in [-0.1, -0.05) is 262 Å². The maximum Gasteiger partial charge on any atom is 0.252 e. The molecule has 0 saturated heterocycles. The highest BCUT2D eigenvalue weighted by Gasteiger charge is 2.49. The Kier molecular flexibility index (Phi) is 11.4. The molecule has 3 nitrogen and oxygen atoms in total. The Labute approximate surface area is 553 Å². The molecule has 0 spiro atoms. The predicted molar refractivity (Wildman–Crippen MR) is 396 cm³/mol. The fraction of sp³-hybridized carbons (Fsp3) is 0.133. The molecule has 0 radical (unpaired) electrons. The third-order valence-electron chi connectivity index (χ3n) is 22.8. The van der Waals surface area contributed by atoms with E-state index in [1.165, 1.54) is 150 Å². The molecule has 13 aromatic carbocycles. The van der Waals surface area contributed by atoms with Crippen LogP contribution >= 0.6 is 0 Å². The molecule has 0 atom stereocenters. The molecule has 0 amide bonds. The smallest absolute Gasteiger partial charge is 0.252 e. The monoisotopic (exact) mass is 1200 g/mol. The van der Waals surface area contributed by atoms with Crippen molar-refractivity contribution in [3.8, 4) is 66.8 Å². The molecule has 4 aliphatic carbocycles. The first-order valence-corrected chi connectivity index (χ1v) is 33.6. The second-order valence-electron chi connectivity index (χ2n) is 29.2. The highest BCUT2D eigenvalue weighted by Crippen LogP contribution is 2.58. The van der Waals surface area contributed by atoms with Gasteiger partial charge < -0.3 is 14.7 Å². The van der Waals surface area contributed by atoms with E-state index in [0.717, 1.165) is 28.4 Å². The minimum atomic E-state index is -0.242. The number of rotatable bonds is 7. The third-order valence-corrected chi connectivity index (χ3v) is 22.8. The van der Waals surface area contributed by atoms with Gasteiger partial charge in [0.15, 0.2) is 0 Å². The van der Waals surface area contributed by atoms with Crippen LogP contribution in [0, 0.1) is 0 Å². The van der Waals surface area contributed by atoms with Crippen molar-refractivity contribution in [1.29, 1.82) is 0 Å². The first kappa shape index (κ1) is 55.0. The summed E-state index contributed by atoms with van der Waals surface area (Å²) >= 11 is 0. The van der Waals surface area contributed by atoms with Crippen LogP contribution in [0.3, 0.4) is 0 Å². The van der Waals surface area contributed by atoms with Crippen LogP contribution in [0.4, 0.5) is 51.2 Å². The quantitative estimate of drug-likeness (QED) is 0.147. The molecule has 2 heterocycles. The molecule has 4 heteroatoms. The normalized spacial score (nSPS) is 15.7. The fourth-order valence-electron chi connectivity index (χ4n) is 18.1. The minimum Gasteiger partial charge on any atom is -0.311 e. The van der Waals surface area contributed by atoms with Crippen molar-refractivity contribution in [3.05, 3.63) is 324 Å². The molecular formula is C90H70BN3. The summed E-state index contributed by atoms with van der Waals surface area (Å²) in [5.41, 5.74) is 39.5. The van der Waals surface area contributed by atoms with Gasteiger partial charge in [0, 0.05) is 67.2 Å². The lowest BCUT2D eigenvalue weighted by atomic mass is 9.33. The van der Waals surface area contributed by atoms with E-state index in [4.69, 9.17) is 0 Å². The van der Waals surface area contributed by atoms with Gasteiger partial charge in [0.25, 0.3) is 6.71 Å². The summed E-state index contributed by atoms with van der Waals surface area (Å²) in [6.07, 6.45) is 0. The van der Waals surface area contributed by atoms with Crippen molar-refractivity contribution in [3.63, 3.8) is 0 Å². The second-order valence-corrected chi connectivity index (χ2v) is 29.2. The molecular weight excluding hydrogens is 1130 g/mol. The number of nitrogens with zero attached hydrogens (tertiary/aromatic N) is 3. The highest BCUT2D eigenvalue weighted by molar-refractivity contribution is 7.00. The summed E-state index contributed by atoms with van der Waals surface area (Å²) in [7, 11) is 0. The van der Waals surface area contributed by atoms with Gasteiger partial charge in [-0.05, 0) is 200 Å². The molecule has 13 aromatic rings. The molecule has 6 aliphatic rings. The van der Waals surface area contributed by atoms with Gasteiger partial charge in [-0.3, -0.25) is 0 Å². The number of hydrogen-bond acceptors (Lipinski definition) is 3. The zero-order valence-electron chi connectivity index (χ0n) is 54.5. The van der Waals surface area contributed by atoms with Crippen molar-refractivity contribution >= 4 is 74.3 Å². The van der Waals surface area contributed by atoms with E-state index in [1.807, 2.05) is 0 Å². The van der Waals surface area contributed by atoms with Gasteiger partial charge in [-0.25, -0.2) is 0 Å². The molecule has 19 rings (SSSR count). The fourth-order valence-corrected chi connectivity index (χ4v) is 18.1. The number of anilines is 9. The molecule has 94 heavy (non-hydrogen) atoms. The molecule has 448 valence electrons. The van der Waals surface area contributed by atoms with Gasteiger partial charge in [-0.15, -0.1) is 0 Å². The van der Waals surface area contributed by atoms with Crippen molar-refractivity contribution in [2.45, 2.75) is 77.0 Å². The first-order chi connectivity index (χ1) is 45.6. The molecule has 0 fully saturated rings. The first-order valence-electron chi connectivity index (χ1n) is 33.6. The van der Waals surface area contributed by atoms with Crippen LogP contribution < -0.4 is 31.1 Å². The minimum absolute atomic E-state index is 0.155. The second kappa shape index (κ2) is 19.4. The van der Waals surface area contributed by atoms with Gasteiger partial charge in [0.05, 0.1) is 5.69 Å².